The Balaban J connectivity index is 2.29. The first-order valence-electron chi connectivity index (χ1n) is 6.42. The summed E-state index contributed by atoms with van der Waals surface area (Å²) in [4.78, 5) is 12.8. The van der Waals surface area contributed by atoms with Gasteiger partial charge in [-0.05, 0) is 26.0 Å². The molecule has 112 valence electrons. The number of hydrogen-bond acceptors (Lipinski definition) is 6. The van der Waals surface area contributed by atoms with Gasteiger partial charge < -0.3 is 10.1 Å². The minimum atomic E-state index is -3.64. The van der Waals surface area contributed by atoms with Crippen LogP contribution in [-0.4, -0.2) is 51.0 Å². The van der Waals surface area contributed by atoms with E-state index in [0.29, 0.717) is 6.54 Å². The molecular formula is C12H18N2O4S2. The van der Waals surface area contributed by atoms with Gasteiger partial charge in [-0.1, -0.05) is 0 Å². The van der Waals surface area contributed by atoms with Crippen LogP contribution in [0.15, 0.2) is 16.3 Å². The van der Waals surface area contributed by atoms with Crippen LogP contribution in [0.2, 0.25) is 0 Å². The summed E-state index contributed by atoms with van der Waals surface area (Å²) in [7, 11) is -3.64. The Morgan fingerprint density at radius 1 is 1.55 bits per heavy atom. The molecule has 2 rings (SSSR count). The molecule has 0 aliphatic carbocycles. The van der Waals surface area contributed by atoms with Crippen molar-refractivity contribution < 1.29 is 17.9 Å². The van der Waals surface area contributed by atoms with E-state index >= 15 is 0 Å². The largest absolute Gasteiger partial charge is 0.465 e. The number of sulfonamides is 1. The summed E-state index contributed by atoms with van der Waals surface area (Å²) >= 11 is 1.21. The van der Waals surface area contributed by atoms with Crippen molar-refractivity contribution in [2.45, 2.75) is 24.1 Å². The topological polar surface area (TPSA) is 75.7 Å². The zero-order chi connectivity index (χ0) is 14.8. The molecular weight excluding hydrogens is 300 g/mol. The van der Waals surface area contributed by atoms with E-state index in [1.54, 1.807) is 19.1 Å². The molecule has 0 radical (unpaired) electrons. The summed E-state index contributed by atoms with van der Waals surface area (Å²) in [5.41, 5.74) is 0. The molecule has 0 bridgehead atoms. The second-order valence-electron chi connectivity index (χ2n) is 4.45. The van der Waals surface area contributed by atoms with E-state index in [2.05, 4.69) is 5.32 Å². The van der Waals surface area contributed by atoms with Gasteiger partial charge in [-0.15, -0.1) is 11.3 Å². The fourth-order valence-electron chi connectivity index (χ4n) is 2.08. The standard InChI is InChI=1S/C12H18N2O4S2/c1-3-18-12(15)10-8-13-6-7-14(10)20(16,17)11-5-4-9(2)19-11/h4-5,10,13H,3,6-8H2,1-2H3. The molecule has 1 fully saturated rings. The van der Waals surface area contributed by atoms with Gasteiger partial charge in [0.1, 0.15) is 10.3 Å². The van der Waals surface area contributed by atoms with E-state index in [1.165, 1.54) is 15.6 Å². The van der Waals surface area contributed by atoms with E-state index in [-0.39, 0.29) is 23.9 Å². The van der Waals surface area contributed by atoms with Crippen LogP contribution >= 0.6 is 11.3 Å². The molecule has 1 aliphatic heterocycles. The van der Waals surface area contributed by atoms with Crippen LogP contribution in [-0.2, 0) is 19.6 Å². The first-order chi connectivity index (χ1) is 9.46. The van der Waals surface area contributed by atoms with E-state index in [9.17, 15) is 13.2 Å². The Labute approximate surface area is 122 Å². The maximum atomic E-state index is 12.6. The van der Waals surface area contributed by atoms with Crippen LogP contribution in [0.5, 0.6) is 0 Å². The lowest BCUT2D eigenvalue weighted by molar-refractivity contribution is -0.148. The number of piperazine rings is 1. The smallest absolute Gasteiger partial charge is 0.325 e. The summed E-state index contributed by atoms with van der Waals surface area (Å²) in [6, 6.07) is 2.55. The summed E-state index contributed by atoms with van der Waals surface area (Å²) < 4.78 is 31.7. The fourth-order valence-corrected chi connectivity index (χ4v) is 5.07. The molecule has 1 N–H and O–H groups in total. The molecule has 0 amide bonds. The van der Waals surface area contributed by atoms with E-state index in [4.69, 9.17) is 4.74 Å². The molecule has 1 aliphatic rings. The van der Waals surface area contributed by atoms with Gasteiger partial charge >= 0.3 is 5.97 Å². The van der Waals surface area contributed by atoms with Gasteiger partial charge in [-0.3, -0.25) is 4.79 Å². The van der Waals surface area contributed by atoms with Crippen LogP contribution in [0.4, 0.5) is 0 Å². The van der Waals surface area contributed by atoms with Crippen molar-refractivity contribution in [3.63, 3.8) is 0 Å². The molecule has 1 aromatic heterocycles. The number of ether oxygens (including phenoxy) is 1. The highest BCUT2D eigenvalue weighted by atomic mass is 32.2. The van der Waals surface area contributed by atoms with E-state index in [0.717, 1.165) is 4.88 Å². The van der Waals surface area contributed by atoms with Crippen molar-refractivity contribution in [1.82, 2.24) is 9.62 Å². The molecule has 2 heterocycles. The highest BCUT2D eigenvalue weighted by Gasteiger charge is 2.39. The minimum absolute atomic E-state index is 0.237. The lowest BCUT2D eigenvalue weighted by Crippen LogP contribution is -2.57. The van der Waals surface area contributed by atoms with Crippen molar-refractivity contribution in [3.8, 4) is 0 Å². The van der Waals surface area contributed by atoms with Gasteiger partial charge in [0.25, 0.3) is 10.0 Å². The van der Waals surface area contributed by atoms with Crippen LogP contribution < -0.4 is 5.32 Å². The van der Waals surface area contributed by atoms with Gasteiger partial charge in [-0.2, -0.15) is 4.31 Å². The van der Waals surface area contributed by atoms with Crippen molar-refractivity contribution >= 4 is 27.3 Å². The van der Waals surface area contributed by atoms with E-state index < -0.39 is 22.0 Å². The minimum Gasteiger partial charge on any atom is -0.465 e. The van der Waals surface area contributed by atoms with Crippen molar-refractivity contribution in [2.24, 2.45) is 0 Å². The summed E-state index contributed by atoms with van der Waals surface area (Å²) in [6.45, 7) is 4.87. The maximum absolute atomic E-state index is 12.6. The number of hydrogen-bond donors (Lipinski definition) is 1. The van der Waals surface area contributed by atoms with Crippen molar-refractivity contribution in [3.05, 3.63) is 17.0 Å². The summed E-state index contributed by atoms with van der Waals surface area (Å²) in [6.07, 6.45) is 0. The van der Waals surface area contributed by atoms with Gasteiger partial charge in [0.05, 0.1) is 6.61 Å². The zero-order valence-corrected chi connectivity index (χ0v) is 13.1. The van der Waals surface area contributed by atoms with Crippen LogP contribution in [0.1, 0.15) is 11.8 Å². The predicted octanol–water partition coefficient (Wildman–Crippen LogP) is 0.582. The second-order valence-corrected chi connectivity index (χ2v) is 7.86. The Morgan fingerprint density at radius 2 is 2.30 bits per heavy atom. The first kappa shape index (κ1) is 15.4. The second kappa shape index (κ2) is 6.21. The van der Waals surface area contributed by atoms with Crippen molar-refractivity contribution in [2.75, 3.05) is 26.2 Å². The molecule has 1 unspecified atom stereocenters. The van der Waals surface area contributed by atoms with Gasteiger partial charge in [0.2, 0.25) is 0 Å². The number of aryl methyl sites for hydroxylation is 1. The van der Waals surface area contributed by atoms with Crippen LogP contribution in [0.25, 0.3) is 0 Å². The predicted molar refractivity (Wildman–Crippen MR) is 76.2 cm³/mol. The van der Waals surface area contributed by atoms with Gasteiger partial charge in [-0.25, -0.2) is 8.42 Å². The SMILES string of the molecule is CCOC(=O)C1CNCCN1S(=O)(=O)c1ccc(C)s1. The highest BCUT2D eigenvalue weighted by molar-refractivity contribution is 7.91. The third-order valence-corrected chi connectivity index (χ3v) is 6.41. The number of nitrogens with zero attached hydrogens (tertiary/aromatic N) is 1. The molecule has 6 nitrogen and oxygen atoms in total. The molecule has 8 heteroatoms. The average Bonchev–Trinajstić information content (AvgIpc) is 2.86. The molecule has 1 saturated heterocycles. The lowest BCUT2D eigenvalue weighted by atomic mass is 10.2. The Kier molecular flexibility index (Phi) is 4.79. The Morgan fingerprint density at radius 3 is 2.90 bits per heavy atom. The molecule has 0 spiro atoms. The molecule has 1 atom stereocenters. The molecule has 0 aromatic carbocycles. The van der Waals surface area contributed by atoms with Gasteiger partial charge in [0, 0.05) is 24.5 Å². The van der Waals surface area contributed by atoms with Crippen molar-refractivity contribution in [1.29, 1.82) is 0 Å². The lowest BCUT2D eigenvalue weighted by Gasteiger charge is -2.32. The number of nitrogens with one attached hydrogen (secondary N) is 1. The maximum Gasteiger partial charge on any atom is 0.325 e. The quantitative estimate of drug-likeness (QED) is 0.822. The highest BCUT2D eigenvalue weighted by Crippen LogP contribution is 2.26. The van der Waals surface area contributed by atoms with Crippen LogP contribution in [0.3, 0.4) is 0 Å². The number of thiophene rings is 1. The number of carbonyl (C=O) groups is 1. The third-order valence-electron chi connectivity index (χ3n) is 3.03. The van der Waals surface area contributed by atoms with E-state index in [1.807, 2.05) is 6.92 Å². The molecule has 1 aromatic rings. The Hall–Kier alpha value is -0.960. The van der Waals surface area contributed by atoms with Crippen LogP contribution in [0, 0.1) is 6.92 Å². The third kappa shape index (κ3) is 3.03. The molecule has 0 saturated carbocycles. The summed E-state index contributed by atoms with van der Waals surface area (Å²) in [5.74, 6) is -0.503. The number of carbonyl (C=O) groups excluding carboxylic acids is 1. The van der Waals surface area contributed by atoms with Gasteiger partial charge in [0.15, 0.2) is 0 Å². The normalized spacial score (nSPS) is 20.8. The monoisotopic (exact) mass is 318 g/mol. The Bertz CT molecular complexity index is 582. The fraction of sp³-hybridized carbons (Fsp3) is 0.583. The first-order valence-corrected chi connectivity index (χ1v) is 8.68. The number of esters is 1. The number of rotatable bonds is 4. The zero-order valence-electron chi connectivity index (χ0n) is 11.5. The summed E-state index contributed by atoms with van der Waals surface area (Å²) in [5, 5.41) is 3.03. The molecule has 20 heavy (non-hydrogen) atoms. The average molecular weight is 318 g/mol.